The van der Waals surface area contributed by atoms with Gasteiger partial charge >= 0.3 is 6.01 Å². The molecule has 0 N–H and O–H groups in total. The van der Waals surface area contributed by atoms with Crippen molar-refractivity contribution >= 4 is 54.6 Å². The Labute approximate surface area is 309 Å². The van der Waals surface area contributed by atoms with E-state index in [9.17, 15) is 4.21 Å². The molecule has 2 aliphatic heterocycles. The first kappa shape index (κ1) is 38.8. The standard InChI is InChI=1S/C36H54ClFN4O6SSi2/c1-36(2,3)51(9,10)48-30-20-46-32-29(19-45-33(30)32)47-35-40-28-18-25(37)27(39-34(28)42(35)21-44-13-14-50(6,7)8)16-23-12-11-22-15-24(41-49(4,5)43)17-26(38)31(22)23/h15,17-18,23,29-30,32-33H,11-14,16,19-21H2,1-10H3/t23-,29-,30-,32-,33-/m1/s1. The highest BCUT2D eigenvalue weighted by molar-refractivity contribution is 7.92. The molecular formula is C36H54ClFN4O6SSi2. The van der Waals surface area contributed by atoms with Crippen LogP contribution >= 0.6 is 11.6 Å². The zero-order valence-electron chi connectivity index (χ0n) is 31.7. The molecule has 3 aromatic rings. The van der Waals surface area contributed by atoms with E-state index in [0.717, 1.165) is 18.0 Å². The average Bonchev–Trinajstić information content (AvgIpc) is 3.75. The van der Waals surface area contributed by atoms with Crippen molar-refractivity contribution in [2.24, 2.45) is 4.36 Å². The third-order valence-corrected chi connectivity index (χ3v) is 17.7. The lowest BCUT2D eigenvalue weighted by Gasteiger charge is -2.39. The van der Waals surface area contributed by atoms with E-state index in [0.29, 0.717) is 71.8 Å². The highest BCUT2D eigenvalue weighted by Crippen LogP contribution is 2.42. The summed E-state index contributed by atoms with van der Waals surface area (Å²) in [5.41, 5.74) is 3.78. The van der Waals surface area contributed by atoms with Crippen LogP contribution in [0.25, 0.3) is 11.2 Å². The number of pyridine rings is 1. The lowest BCUT2D eigenvalue weighted by atomic mass is 9.95. The number of nitrogens with zero attached hydrogens (tertiary/aromatic N) is 4. The molecule has 282 valence electrons. The van der Waals surface area contributed by atoms with E-state index in [1.54, 1.807) is 18.6 Å². The van der Waals surface area contributed by atoms with Gasteiger partial charge in [-0.3, -0.25) is 4.57 Å². The SMILES string of the molecule is CC(C)(C)[Si](C)(C)O[C@@H]1CO[C@H]2[C@@H]1OC[C@H]2Oc1nc2cc(Cl)c(C[C@H]3CCc4cc(N=S(C)(C)=O)cc(F)c43)nc2n1COCC[Si](C)(C)C. The van der Waals surface area contributed by atoms with Crippen LogP contribution in [0.4, 0.5) is 10.1 Å². The van der Waals surface area contributed by atoms with Crippen molar-refractivity contribution in [3.05, 3.63) is 45.9 Å². The van der Waals surface area contributed by atoms with E-state index < -0.39 is 26.1 Å². The maximum Gasteiger partial charge on any atom is 0.301 e. The fourth-order valence-electron chi connectivity index (χ4n) is 6.79. The summed E-state index contributed by atoms with van der Waals surface area (Å²) in [6.45, 7) is 19.7. The molecular weight excluding hydrogens is 727 g/mol. The van der Waals surface area contributed by atoms with Gasteiger partial charge in [-0.25, -0.2) is 13.6 Å². The molecule has 0 spiro atoms. The van der Waals surface area contributed by atoms with Crippen molar-refractivity contribution in [1.82, 2.24) is 14.5 Å². The predicted octanol–water partition coefficient (Wildman–Crippen LogP) is 8.10. The van der Waals surface area contributed by atoms with E-state index in [1.807, 2.05) is 10.6 Å². The Bertz CT molecular complexity index is 1900. The fourth-order valence-corrected chi connectivity index (χ4v) is 9.69. The van der Waals surface area contributed by atoms with Gasteiger partial charge < -0.3 is 23.4 Å². The van der Waals surface area contributed by atoms with Crippen LogP contribution in [-0.4, -0.2) is 91.9 Å². The average molecular weight is 782 g/mol. The summed E-state index contributed by atoms with van der Waals surface area (Å²) in [7, 11) is -5.76. The lowest BCUT2D eigenvalue weighted by Crippen LogP contribution is -2.47. The second-order valence-corrected chi connectivity index (χ2v) is 30.6. The molecule has 4 heterocycles. The Hall–Kier alpha value is -1.92. The number of rotatable bonds is 12. The highest BCUT2D eigenvalue weighted by Gasteiger charge is 2.52. The molecule has 15 heteroatoms. The Morgan fingerprint density at radius 3 is 2.41 bits per heavy atom. The maximum atomic E-state index is 15.5. The first-order chi connectivity index (χ1) is 23.7. The second-order valence-electron chi connectivity index (χ2n) is 17.3. The molecule has 1 aliphatic carbocycles. The number of hydrogen-bond acceptors (Lipinski definition) is 9. The largest absolute Gasteiger partial charge is 0.456 e. The summed E-state index contributed by atoms with van der Waals surface area (Å²) in [6.07, 6.45) is 3.94. The number of hydrogen-bond donors (Lipinski definition) is 0. The second kappa shape index (κ2) is 14.4. The first-order valence-corrected chi connectivity index (χ1v) is 27.2. The van der Waals surface area contributed by atoms with Crippen LogP contribution in [0.2, 0.25) is 48.8 Å². The predicted molar refractivity (Wildman–Crippen MR) is 206 cm³/mol. The smallest absolute Gasteiger partial charge is 0.301 e. The van der Waals surface area contributed by atoms with E-state index >= 15 is 4.39 Å². The minimum Gasteiger partial charge on any atom is -0.456 e. The van der Waals surface area contributed by atoms with Gasteiger partial charge in [-0.1, -0.05) is 52.0 Å². The van der Waals surface area contributed by atoms with Crippen LogP contribution in [0.15, 0.2) is 22.6 Å². The van der Waals surface area contributed by atoms with Crippen LogP contribution in [-0.2, 0) is 47.9 Å². The number of benzene rings is 1. The van der Waals surface area contributed by atoms with Crippen LogP contribution in [0, 0.1) is 5.82 Å². The van der Waals surface area contributed by atoms with Crippen molar-refractivity contribution in [2.75, 3.05) is 32.3 Å². The van der Waals surface area contributed by atoms with Crippen LogP contribution < -0.4 is 4.74 Å². The molecule has 10 nitrogen and oxygen atoms in total. The molecule has 1 aromatic carbocycles. The minimum absolute atomic E-state index is 0.0680. The fraction of sp³-hybridized carbons (Fsp3) is 0.667. The van der Waals surface area contributed by atoms with Gasteiger partial charge in [0.1, 0.15) is 30.3 Å². The van der Waals surface area contributed by atoms with Crippen LogP contribution in [0.3, 0.4) is 0 Å². The molecule has 2 saturated heterocycles. The molecule has 2 fully saturated rings. The van der Waals surface area contributed by atoms with E-state index in [4.69, 9.17) is 44.9 Å². The molecule has 0 bridgehead atoms. The molecule has 51 heavy (non-hydrogen) atoms. The Morgan fingerprint density at radius 1 is 1.06 bits per heavy atom. The van der Waals surface area contributed by atoms with Gasteiger partial charge in [0, 0.05) is 43.0 Å². The number of aromatic nitrogens is 3. The topological polar surface area (TPSA) is 106 Å². The van der Waals surface area contributed by atoms with Gasteiger partial charge in [-0.15, -0.1) is 0 Å². The summed E-state index contributed by atoms with van der Waals surface area (Å²) in [5, 5.41) is 0.531. The van der Waals surface area contributed by atoms with Gasteiger partial charge in [0.2, 0.25) is 0 Å². The van der Waals surface area contributed by atoms with Crippen molar-refractivity contribution in [3.63, 3.8) is 0 Å². The summed E-state index contributed by atoms with van der Waals surface area (Å²) in [5.74, 6) is -0.452. The van der Waals surface area contributed by atoms with Gasteiger partial charge in [0.25, 0.3) is 0 Å². The number of ether oxygens (including phenoxy) is 4. The van der Waals surface area contributed by atoms with Crippen LogP contribution in [0.5, 0.6) is 6.01 Å². The first-order valence-electron chi connectivity index (χ1n) is 17.9. The monoisotopic (exact) mass is 780 g/mol. The molecule has 2 aromatic heterocycles. The maximum absolute atomic E-state index is 15.5. The highest BCUT2D eigenvalue weighted by atomic mass is 35.5. The Kier molecular flexibility index (Phi) is 10.9. The van der Waals surface area contributed by atoms with Gasteiger partial charge in [-0.05, 0) is 72.6 Å². The van der Waals surface area contributed by atoms with Crippen molar-refractivity contribution in [2.45, 2.75) is 121 Å². The zero-order chi connectivity index (χ0) is 37.1. The number of imidazole rings is 1. The number of aryl methyl sites for hydroxylation is 1. The van der Waals surface area contributed by atoms with Gasteiger partial charge in [-0.2, -0.15) is 9.35 Å². The third-order valence-electron chi connectivity index (χ3n) is 10.5. The number of halogens is 2. The molecule has 6 rings (SSSR count). The van der Waals surface area contributed by atoms with Crippen LogP contribution in [0.1, 0.15) is 49.9 Å². The van der Waals surface area contributed by atoms with E-state index in [1.165, 1.54) is 6.07 Å². The summed E-state index contributed by atoms with van der Waals surface area (Å²) < 4.78 is 65.9. The van der Waals surface area contributed by atoms with Gasteiger partial charge in [0.15, 0.2) is 20.1 Å². The normalized spacial score (nSPS) is 24.0. The molecule has 0 amide bonds. The van der Waals surface area contributed by atoms with E-state index in [-0.39, 0.29) is 47.9 Å². The molecule has 0 unspecified atom stereocenters. The van der Waals surface area contributed by atoms with Crippen molar-refractivity contribution in [1.29, 1.82) is 0 Å². The summed E-state index contributed by atoms with van der Waals surface area (Å²) >= 11 is 6.86. The minimum atomic E-state index is -2.41. The van der Waals surface area contributed by atoms with Crippen molar-refractivity contribution in [3.8, 4) is 6.01 Å². The van der Waals surface area contributed by atoms with Gasteiger partial charge in [0.05, 0.1) is 35.7 Å². The molecule has 0 radical (unpaired) electrons. The Balaban J connectivity index is 1.26. The zero-order valence-corrected chi connectivity index (χ0v) is 35.3. The lowest BCUT2D eigenvalue weighted by molar-refractivity contribution is 0.00687. The quantitative estimate of drug-likeness (QED) is 0.134. The molecule has 5 atom stereocenters. The summed E-state index contributed by atoms with van der Waals surface area (Å²) in [6, 6.07) is 6.42. The number of fused-ring (bicyclic) bond motifs is 3. The summed E-state index contributed by atoms with van der Waals surface area (Å²) in [4.78, 5) is 9.88. The molecule has 3 aliphatic rings. The van der Waals surface area contributed by atoms with Crippen molar-refractivity contribution < 1.29 is 32.0 Å². The third kappa shape index (κ3) is 8.74. The Morgan fingerprint density at radius 2 is 1.75 bits per heavy atom. The van der Waals surface area contributed by atoms with E-state index in [2.05, 4.69) is 57.9 Å². The molecule has 0 saturated carbocycles.